The molecule has 1 aromatic rings. The molecule has 1 aliphatic rings. The van der Waals surface area contributed by atoms with Gasteiger partial charge in [-0.05, 0) is 6.07 Å². The Morgan fingerprint density at radius 2 is 2.19 bits per heavy atom. The van der Waals surface area contributed by atoms with Gasteiger partial charge in [-0.25, -0.2) is 4.39 Å². The van der Waals surface area contributed by atoms with Gasteiger partial charge in [0, 0.05) is 51.8 Å². The molecule has 0 radical (unpaired) electrons. The van der Waals surface area contributed by atoms with Gasteiger partial charge in [0.2, 0.25) is 5.91 Å². The first-order valence-corrected chi connectivity index (χ1v) is 7.29. The summed E-state index contributed by atoms with van der Waals surface area (Å²) >= 11 is 5.78. The number of likely N-dealkylation sites (tertiary alicyclic amines) is 1. The summed E-state index contributed by atoms with van der Waals surface area (Å²) in [6, 6.07) is 4.92. The Balaban J connectivity index is 2.09. The Morgan fingerprint density at radius 3 is 2.81 bits per heavy atom. The van der Waals surface area contributed by atoms with E-state index in [0.29, 0.717) is 25.2 Å². The third-order valence-corrected chi connectivity index (χ3v) is 4.23. The maximum Gasteiger partial charge on any atom is 0.226 e. The summed E-state index contributed by atoms with van der Waals surface area (Å²) in [6.45, 7) is 1.44. The van der Waals surface area contributed by atoms with E-state index in [9.17, 15) is 14.3 Å². The fourth-order valence-electron chi connectivity index (χ4n) is 2.80. The molecule has 1 aliphatic heterocycles. The maximum absolute atomic E-state index is 13.9. The highest BCUT2D eigenvalue weighted by atomic mass is 35.5. The van der Waals surface area contributed by atoms with Gasteiger partial charge in [-0.3, -0.25) is 9.69 Å². The molecule has 0 bridgehead atoms. The first-order valence-electron chi connectivity index (χ1n) is 6.91. The van der Waals surface area contributed by atoms with E-state index in [0.717, 1.165) is 0 Å². The average Bonchev–Trinajstić information content (AvgIpc) is 2.86. The lowest BCUT2D eigenvalue weighted by atomic mass is 9.96. The largest absolute Gasteiger partial charge is 0.396 e. The molecular weight excluding hydrogens is 295 g/mol. The summed E-state index contributed by atoms with van der Waals surface area (Å²) in [5.41, 5.74) is 0.511. The van der Waals surface area contributed by atoms with Crippen molar-refractivity contribution in [3.05, 3.63) is 34.6 Å². The number of carbonyl (C=O) groups is 1. The summed E-state index contributed by atoms with van der Waals surface area (Å²) in [5, 5.41) is 9.56. The van der Waals surface area contributed by atoms with Crippen molar-refractivity contribution in [2.75, 3.05) is 33.8 Å². The smallest absolute Gasteiger partial charge is 0.226 e. The zero-order valence-electron chi connectivity index (χ0n) is 12.2. The summed E-state index contributed by atoms with van der Waals surface area (Å²) in [4.78, 5) is 15.7. The molecule has 1 saturated heterocycles. The fraction of sp³-hybridized carbons (Fsp3) is 0.533. The third-order valence-electron chi connectivity index (χ3n) is 3.93. The van der Waals surface area contributed by atoms with Crippen LogP contribution >= 0.6 is 11.6 Å². The topological polar surface area (TPSA) is 43.8 Å². The molecule has 0 unspecified atom stereocenters. The van der Waals surface area contributed by atoms with Crippen LogP contribution in [0.4, 0.5) is 4.39 Å². The van der Waals surface area contributed by atoms with E-state index in [-0.39, 0.29) is 29.4 Å². The van der Waals surface area contributed by atoms with Gasteiger partial charge in [0.15, 0.2) is 0 Å². The van der Waals surface area contributed by atoms with Gasteiger partial charge in [0.25, 0.3) is 0 Å². The van der Waals surface area contributed by atoms with E-state index in [1.807, 2.05) is 4.90 Å². The summed E-state index contributed by atoms with van der Waals surface area (Å²) in [7, 11) is 3.41. The second-order valence-electron chi connectivity index (χ2n) is 5.69. The summed E-state index contributed by atoms with van der Waals surface area (Å²) in [6.07, 6.45) is 0. The van der Waals surface area contributed by atoms with E-state index < -0.39 is 5.82 Å². The molecule has 0 spiro atoms. The highest BCUT2D eigenvalue weighted by Gasteiger charge is 2.37. The standard InChI is InChI=1S/C15H20ClFN2O2/c1-18(2)15(21)12-8-19(7-11(12)9-20)6-10-4-3-5-13(16)14(10)17/h3-5,11-12,20H,6-9H2,1-2H3/t11-,12+/m0/s1. The van der Waals surface area contributed by atoms with E-state index in [2.05, 4.69) is 0 Å². The zero-order chi connectivity index (χ0) is 15.6. The number of hydrogen-bond donors (Lipinski definition) is 1. The number of nitrogens with zero attached hydrogens (tertiary/aromatic N) is 2. The van der Waals surface area contributed by atoms with Gasteiger partial charge in [0.05, 0.1) is 10.9 Å². The van der Waals surface area contributed by atoms with Crippen LogP contribution in [0.5, 0.6) is 0 Å². The predicted molar refractivity (Wildman–Crippen MR) is 79.4 cm³/mol. The van der Waals surface area contributed by atoms with E-state index in [4.69, 9.17) is 11.6 Å². The van der Waals surface area contributed by atoms with Crippen molar-refractivity contribution in [3.8, 4) is 0 Å². The molecule has 21 heavy (non-hydrogen) atoms. The Morgan fingerprint density at radius 1 is 1.48 bits per heavy atom. The number of halogens is 2. The first-order chi connectivity index (χ1) is 9.93. The highest BCUT2D eigenvalue weighted by Crippen LogP contribution is 2.27. The lowest BCUT2D eigenvalue weighted by Crippen LogP contribution is -2.35. The first kappa shape index (κ1) is 16.2. The van der Waals surface area contributed by atoms with Crippen LogP contribution in [0, 0.1) is 17.7 Å². The van der Waals surface area contributed by atoms with Crippen LogP contribution in [0.15, 0.2) is 18.2 Å². The molecule has 4 nitrogen and oxygen atoms in total. The lowest BCUT2D eigenvalue weighted by Gasteiger charge is -2.20. The van der Waals surface area contributed by atoms with Crippen LogP contribution < -0.4 is 0 Å². The van der Waals surface area contributed by atoms with Crippen LogP contribution in [0.3, 0.4) is 0 Å². The molecule has 6 heteroatoms. The highest BCUT2D eigenvalue weighted by molar-refractivity contribution is 6.30. The van der Waals surface area contributed by atoms with Gasteiger partial charge >= 0.3 is 0 Å². The van der Waals surface area contributed by atoms with Crippen molar-refractivity contribution >= 4 is 17.5 Å². The van der Waals surface area contributed by atoms with Crippen molar-refractivity contribution in [1.82, 2.24) is 9.80 Å². The lowest BCUT2D eigenvalue weighted by molar-refractivity contribution is -0.134. The molecule has 1 fully saturated rings. The molecule has 116 valence electrons. The maximum atomic E-state index is 13.9. The number of carbonyl (C=O) groups excluding carboxylic acids is 1. The molecular formula is C15H20ClFN2O2. The molecule has 1 amide bonds. The van der Waals surface area contributed by atoms with Crippen molar-refractivity contribution in [2.45, 2.75) is 6.54 Å². The molecule has 1 N–H and O–H groups in total. The number of benzene rings is 1. The van der Waals surface area contributed by atoms with E-state index in [1.54, 1.807) is 26.2 Å². The normalized spacial score (nSPS) is 22.5. The number of hydrogen-bond acceptors (Lipinski definition) is 3. The Bertz CT molecular complexity index is 524. The molecule has 0 aromatic heterocycles. The molecule has 1 heterocycles. The number of aliphatic hydroxyl groups is 1. The third kappa shape index (κ3) is 3.54. The Hall–Kier alpha value is -1.17. The Labute approximate surface area is 129 Å². The Kier molecular flexibility index (Phi) is 5.19. The van der Waals surface area contributed by atoms with Crippen molar-refractivity contribution < 1.29 is 14.3 Å². The van der Waals surface area contributed by atoms with Crippen LogP contribution in [0.1, 0.15) is 5.56 Å². The van der Waals surface area contributed by atoms with E-state index in [1.165, 1.54) is 11.0 Å². The minimum atomic E-state index is -0.415. The fourth-order valence-corrected chi connectivity index (χ4v) is 2.99. The number of aliphatic hydroxyl groups excluding tert-OH is 1. The van der Waals surface area contributed by atoms with Gasteiger partial charge < -0.3 is 10.0 Å². The summed E-state index contributed by atoms with van der Waals surface area (Å²) in [5.74, 6) is -0.764. The predicted octanol–water partition coefficient (Wildman–Crippen LogP) is 1.61. The minimum absolute atomic E-state index is 0.00289. The second-order valence-corrected chi connectivity index (χ2v) is 6.10. The van der Waals surface area contributed by atoms with E-state index >= 15 is 0 Å². The van der Waals surface area contributed by atoms with Gasteiger partial charge in [-0.1, -0.05) is 23.7 Å². The molecule has 1 aromatic carbocycles. The second kappa shape index (κ2) is 6.73. The van der Waals surface area contributed by atoms with Crippen molar-refractivity contribution in [2.24, 2.45) is 11.8 Å². The van der Waals surface area contributed by atoms with Crippen molar-refractivity contribution in [1.29, 1.82) is 0 Å². The van der Waals surface area contributed by atoms with Gasteiger partial charge in [-0.15, -0.1) is 0 Å². The molecule has 2 atom stereocenters. The van der Waals surface area contributed by atoms with Crippen LogP contribution in [-0.4, -0.2) is 54.6 Å². The van der Waals surface area contributed by atoms with Gasteiger partial charge in [-0.2, -0.15) is 0 Å². The summed E-state index contributed by atoms with van der Waals surface area (Å²) < 4.78 is 13.9. The van der Waals surface area contributed by atoms with Gasteiger partial charge in [0.1, 0.15) is 5.82 Å². The minimum Gasteiger partial charge on any atom is -0.396 e. The van der Waals surface area contributed by atoms with Crippen LogP contribution in [0.2, 0.25) is 5.02 Å². The monoisotopic (exact) mass is 314 g/mol. The average molecular weight is 315 g/mol. The molecule has 2 rings (SSSR count). The van der Waals surface area contributed by atoms with Crippen molar-refractivity contribution in [3.63, 3.8) is 0 Å². The number of rotatable bonds is 4. The van der Waals surface area contributed by atoms with Crippen LogP contribution in [-0.2, 0) is 11.3 Å². The molecule has 0 saturated carbocycles. The number of amides is 1. The van der Waals surface area contributed by atoms with Crippen LogP contribution in [0.25, 0.3) is 0 Å². The molecule has 0 aliphatic carbocycles. The SMILES string of the molecule is CN(C)C(=O)[C@@H]1CN(Cc2cccc(Cl)c2F)C[C@H]1CO. The quantitative estimate of drug-likeness (QED) is 0.918. The zero-order valence-corrected chi connectivity index (χ0v) is 13.0.